The number of aromatic nitrogens is 3. The second-order valence-electron chi connectivity index (χ2n) is 7.84. The van der Waals surface area contributed by atoms with E-state index in [-0.39, 0.29) is 24.6 Å². The van der Waals surface area contributed by atoms with Crippen LogP contribution in [0.2, 0.25) is 5.02 Å². The summed E-state index contributed by atoms with van der Waals surface area (Å²) in [6.45, 7) is 2.42. The summed E-state index contributed by atoms with van der Waals surface area (Å²) in [6, 6.07) is 6.82. The Bertz CT molecular complexity index is 949. The van der Waals surface area contributed by atoms with Gasteiger partial charge in [-0.2, -0.15) is 0 Å². The predicted octanol–water partition coefficient (Wildman–Crippen LogP) is 2.72. The summed E-state index contributed by atoms with van der Waals surface area (Å²) < 4.78 is 7.14. The standard InChI is InChI=1S/C21H27ClN6O3/c1-31-14-19(29)27-9-3-2-7-17(27)20-25-24-18-8-10-26(11-12-28(18)20)21(30)23-16-6-4-5-15(22)13-16/h4-6,13,17H,2-3,7-12,14H2,1H3,(H,23,30). The first-order chi connectivity index (χ1) is 15.1. The zero-order valence-electron chi connectivity index (χ0n) is 17.6. The molecule has 31 heavy (non-hydrogen) atoms. The van der Waals surface area contributed by atoms with E-state index in [0.29, 0.717) is 43.3 Å². The van der Waals surface area contributed by atoms with Gasteiger partial charge in [0.15, 0.2) is 5.82 Å². The highest BCUT2D eigenvalue weighted by atomic mass is 35.5. The fourth-order valence-corrected chi connectivity index (χ4v) is 4.46. The van der Waals surface area contributed by atoms with Crippen LogP contribution in [-0.2, 0) is 22.5 Å². The van der Waals surface area contributed by atoms with Crippen molar-refractivity contribution in [3.05, 3.63) is 40.9 Å². The van der Waals surface area contributed by atoms with Crippen molar-refractivity contribution in [3.8, 4) is 0 Å². The quantitative estimate of drug-likeness (QED) is 0.779. The van der Waals surface area contributed by atoms with Crippen LogP contribution < -0.4 is 5.32 Å². The predicted molar refractivity (Wildman–Crippen MR) is 116 cm³/mol. The van der Waals surface area contributed by atoms with Gasteiger partial charge in [-0.1, -0.05) is 17.7 Å². The number of hydrogen-bond donors (Lipinski definition) is 1. The van der Waals surface area contributed by atoms with Crippen molar-refractivity contribution >= 4 is 29.2 Å². The van der Waals surface area contributed by atoms with Crippen molar-refractivity contribution in [2.75, 3.05) is 38.7 Å². The number of anilines is 1. The molecule has 166 valence electrons. The lowest BCUT2D eigenvalue weighted by atomic mass is 10.0. The first kappa shape index (κ1) is 21.6. The van der Waals surface area contributed by atoms with E-state index < -0.39 is 0 Å². The van der Waals surface area contributed by atoms with Crippen LogP contribution in [0.4, 0.5) is 10.5 Å². The van der Waals surface area contributed by atoms with Crippen molar-refractivity contribution in [3.63, 3.8) is 0 Å². The van der Waals surface area contributed by atoms with E-state index in [9.17, 15) is 9.59 Å². The van der Waals surface area contributed by atoms with Crippen LogP contribution in [0.5, 0.6) is 0 Å². The lowest BCUT2D eigenvalue weighted by Gasteiger charge is -2.35. The lowest BCUT2D eigenvalue weighted by molar-refractivity contribution is -0.139. The molecule has 0 radical (unpaired) electrons. The number of fused-ring (bicyclic) bond motifs is 1. The Labute approximate surface area is 186 Å². The molecule has 1 saturated heterocycles. The summed E-state index contributed by atoms with van der Waals surface area (Å²) in [5, 5.41) is 12.3. The molecule has 1 N–H and O–H groups in total. The van der Waals surface area contributed by atoms with E-state index in [1.165, 1.54) is 7.11 Å². The van der Waals surface area contributed by atoms with Crippen molar-refractivity contribution < 1.29 is 14.3 Å². The molecular formula is C21H27ClN6O3. The first-order valence-electron chi connectivity index (χ1n) is 10.6. The molecule has 2 aliphatic rings. The molecule has 4 rings (SSSR count). The molecule has 3 heterocycles. The van der Waals surface area contributed by atoms with Gasteiger partial charge in [0.05, 0.1) is 6.04 Å². The molecule has 2 aromatic rings. The van der Waals surface area contributed by atoms with Crippen LogP contribution in [0.15, 0.2) is 24.3 Å². The van der Waals surface area contributed by atoms with E-state index in [1.807, 2.05) is 11.0 Å². The van der Waals surface area contributed by atoms with Gasteiger partial charge >= 0.3 is 6.03 Å². The number of hydrogen-bond acceptors (Lipinski definition) is 5. The molecule has 0 aliphatic carbocycles. The molecule has 10 heteroatoms. The second-order valence-corrected chi connectivity index (χ2v) is 8.27. The molecule has 1 aromatic carbocycles. The van der Waals surface area contributed by atoms with Crippen LogP contribution >= 0.6 is 11.6 Å². The van der Waals surface area contributed by atoms with Gasteiger partial charge in [-0.25, -0.2) is 4.79 Å². The maximum absolute atomic E-state index is 12.8. The normalized spacial score (nSPS) is 19.0. The fraction of sp³-hybridized carbons (Fsp3) is 0.524. The smallest absolute Gasteiger partial charge is 0.321 e. The van der Waals surface area contributed by atoms with E-state index in [1.54, 1.807) is 23.1 Å². The van der Waals surface area contributed by atoms with E-state index in [4.69, 9.17) is 16.3 Å². The first-order valence-corrected chi connectivity index (χ1v) is 11.0. The number of carbonyl (C=O) groups excluding carboxylic acids is 2. The Morgan fingerprint density at radius 1 is 1.19 bits per heavy atom. The van der Waals surface area contributed by atoms with Crippen molar-refractivity contribution in [1.82, 2.24) is 24.6 Å². The molecule has 9 nitrogen and oxygen atoms in total. The molecule has 1 unspecified atom stereocenters. The summed E-state index contributed by atoms with van der Waals surface area (Å²) in [5.74, 6) is 1.62. The summed E-state index contributed by atoms with van der Waals surface area (Å²) in [6.07, 6.45) is 3.48. The van der Waals surface area contributed by atoms with Gasteiger partial charge in [-0.05, 0) is 37.5 Å². The van der Waals surface area contributed by atoms with Crippen LogP contribution in [0.1, 0.15) is 37.0 Å². The fourth-order valence-electron chi connectivity index (χ4n) is 4.27. The van der Waals surface area contributed by atoms with E-state index in [2.05, 4.69) is 20.1 Å². The Hall–Kier alpha value is -2.65. The average Bonchev–Trinajstić information content (AvgIpc) is 3.04. The summed E-state index contributed by atoms with van der Waals surface area (Å²) in [5.41, 5.74) is 0.663. The van der Waals surface area contributed by atoms with Crippen LogP contribution in [0, 0.1) is 0 Å². The van der Waals surface area contributed by atoms with Crippen molar-refractivity contribution in [1.29, 1.82) is 0 Å². The van der Waals surface area contributed by atoms with Gasteiger partial charge in [0, 0.05) is 50.4 Å². The molecule has 0 spiro atoms. The van der Waals surface area contributed by atoms with E-state index >= 15 is 0 Å². The third-order valence-corrected chi connectivity index (χ3v) is 6.04. The molecule has 1 atom stereocenters. The van der Waals surface area contributed by atoms with Gasteiger partial charge in [-0.15, -0.1) is 10.2 Å². The number of nitrogens with one attached hydrogen (secondary N) is 1. The third-order valence-electron chi connectivity index (χ3n) is 5.81. The number of methoxy groups -OCH3 is 1. The van der Waals surface area contributed by atoms with Crippen molar-refractivity contribution in [2.24, 2.45) is 0 Å². The lowest BCUT2D eigenvalue weighted by Crippen LogP contribution is -2.41. The Morgan fingerprint density at radius 2 is 2.06 bits per heavy atom. The second kappa shape index (κ2) is 9.65. The van der Waals surface area contributed by atoms with Gasteiger partial charge in [0.1, 0.15) is 12.4 Å². The van der Waals surface area contributed by atoms with E-state index in [0.717, 1.165) is 30.9 Å². The average molecular weight is 447 g/mol. The zero-order chi connectivity index (χ0) is 21.8. The topological polar surface area (TPSA) is 92.6 Å². The molecule has 1 aromatic heterocycles. The monoisotopic (exact) mass is 446 g/mol. The van der Waals surface area contributed by atoms with Gasteiger partial charge in [0.2, 0.25) is 5.91 Å². The number of ether oxygens (including phenoxy) is 1. The molecule has 0 saturated carbocycles. The number of piperidine rings is 1. The minimum absolute atomic E-state index is 0.0271. The maximum Gasteiger partial charge on any atom is 0.321 e. The Kier molecular flexibility index (Phi) is 6.72. The molecule has 3 amide bonds. The number of likely N-dealkylation sites (tertiary alicyclic amines) is 1. The van der Waals surface area contributed by atoms with Crippen LogP contribution in [-0.4, -0.2) is 69.9 Å². The SMILES string of the molecule is COCC(=O)N1CCCCC1c1nnc2n1CCN(C(=O)Nc1cccc(Cl)c1)CC2. The largest absolute Gasteiger partial charge is 0.375 e. The Balaban J connectivity index is 1.47. The highest BCUT2D eigenvalue weighted by molar-refractivity contribution is 6.30. The number of nitrogens with zero attached hydrogens (tertiary/aromatic N) is 5. The Morgan fingerprint density at radius 3 is 2.87 bits per heavy atom. The minimum Gasteiger partial charge on any atom is -0.375 e. The number of benzene rings is 1. The molecular weight excluding hydrogens is 420 g/mol. The molecule has 1 fully saturated rings. The highest BCUT2D eigenvalue weighted by Gasteiger charge is 2.33. The number of rotatable bonds is 4. The minimum atomic E-state index is -0.169. The number of carbonyl (C=O) groups is 2. The summed E-state index contributed by atoms with van der Waals surface area (Å²) in [4.78, 5) is 28.9. The summed E-state index contributed by atoms with van der Waals surface area (Å²) in [7, 11) is 1.53. The maximum atomic E-state index is 12.8. The van der Waals surface area contributed by atoms with Crippen LogP contribution in [0.25, 0.3) is 0 Å². The number of halogens is 1. The van der Waals surface area contributed by atoms with Gasteiger partial charge in [0.25, 0.3) is 0 Å². The highest BCUT2D eigenvalue weighted by Crippen LogP contribution is 2.31. The third kappa shape index (κ3) is 4.83. The van der Waals surface area contributed by atoms with Gasteiger partial charge < -0.3 is 24.4 Å². The summed E-state index contributed by atoms with van der Waals surface area (Å²) >= 11 is 6.01. The number of amides is 3. The molecule has 0 bridgehead atoms. The molecule has 2 aliphatic heterocycles. The van der Waals surface area contributed by atoms with Crippen LogP contribution in [0.3, 0.4) is 0 Å². The van der Waals surface area contributed by atoms with Crippen molar-refractivity contribution in [2.45, 2.75) is 38.3 Å². The number of urea groups is 1. The van der Waals surface area contributed by atoms with Gasteiger partial charge in [-0.3, -0.25) is 4.79 Å². The zero-order valence-corrected chi connectivity index (χ0v) is 18.3.